The number of hydrogen-bond acceptors (Lipinski definition) is 3. The quantitative estimate of drug-likeness (QED) is 0.207. The van der Waals surface area contributed by atoms with E-state index in [1.54, 1.807) is 0 Å². The summed E-state index contributed by atoms with van der Waals surface area (Å²) >= 11 is 0. The predicted octanol–water partition coefficient (Wildman–Crippen LogP) is 8.55. The van der Waals surface area contributed by atoms with Gasteiger partial charge in [0.05, 0.1) is 22.2 Å². The predicted molar refractivity (Wildman–Crippen MR) is 171 cm³/mol. The van der Waals surface area contributed by atoms with Crippen LogP contribution in [0, 0.1) is 0 Å². The summed E-state index contributed by atoms with van der Waals surface area (Å²) in [6, 6.07) is 45.0. The van der Waals surface area contributed by atoms with Gasteiger partial charge in [0.1, 0.15) is 0 Å². The monoisotopic (exact) mass is 536 g/mol. The molecule has 1 aliphatic heterocycles. The van der Waals surface area contributed by atoms with Gasteiger partial charge in [0, 0.05) is 33.5 Å². The van der Waals surface area contributed by atoms with Crippen LogP contribution >= 0.6 is 0 Å². The van der Waals surface area contributed by atoms with E-state index >= 15 is 0 Å². The van der Waals surface area contributed by atoms with E-state index in [1.165, 1.54) is 16.3 Å². The zero-order valence-corrected chi connectivity index (χ0v) is 23.9. The Hall–Kier alpha value is -4.32. The maximum Gasteiger partial charge on any atom is 0.494 e. The third-order valence-electron chi connectivity index (χ3n) is 8.62. The molecule has 0 radical (unpaired) electrons. The Kier molecular flexibility index (Phi) is 6.04. The molecular formula is C36H33BN2O2. The first-order valence-corrected chi connectivity index (χ1v) is 14.2. The van der Waals surface area contributed by atoms with Crippen LogP contribution < -0.4 is 10.4 Å². The average Bonchev–Trinajstić information content (AvgIpc) is 3.43. The Balaban J connectivity index is 1.34. The van der Waals surface area contributed by atoms with E-state index < -0.39 is 18.3 Å². The fourth-order valence-corrected chi connectivity index (χ4v) is 5.74. The molecular weight excluding hydrogens is 503 g/mol. The van der Waals surface area contributed by atoms with Gasteiger partial charge in [-0.1, -0.05) is 66.7 Å². The van der Waals surface area contributed by atoms with E-state index in [-0.39, 0.29) is 0 Å². The smallest absolute Gasteiger partial charge is 0.399 e. The second-order valence-electron chi connectivity index (χ2n) is 11.7. The molecule has 202 valence electrons. The summed E-state index contributed by atoms with van der Waals surface area (Å²) < 4.78 is 15.2. The van der Waals surface area contributed by atoms with E-state index in [0.717, 1.165) is 33.7 Å². The molecule has 0 atom stereocenters. The van der Waals surface area contributed by atoms with Crippen LogP contribution in [0.4, 0.5) is 17.1 Å². The summed E-state index contributed by atoms with van der Waals surface area (Å²) in [6.45, 7) is 8.38. The highest BCUT2D eigenvalue weighted by Crippen LogP contribution is 2.38. The summed E-state index contributed by atoms with van der Waals surface area (Å²) in [6.07, 6.45) is 0. The molecule has 1 saturated heterocycles. The third kappa shape index (κ3) is 4.33. The van der Waals surface area contributed by atoms with Crippen LogP contribution in [0.5, 0.6) is 0 Å². The van der Waals surface area contributed by atoms with Gasteiger partial charge in [0.2, 0.25) is 0 Å². The second-order valence-corrected chi connectivity index (χ2v) is 11.7. The molecule has 0 amide bonds. The number of nitrogens with zero attached hydrogens (tertiary/aromatic N) is 2. The van der Waals surface area contributed by atoms with Crippen LogP contribution in [-0.2, 0) is 9.31 Å². The lowest BCUT2D eigenvalue weighted by Gasteiger charge is -2.32. The van der Waals surface area contributed by atoms with Crippen molar-refractivity contribution in [1.29, 1.82) is 0 Å². The number of para-hydroxylation sites is 3. The van der Waals surface area contributed by atoms with Gasteiger partial charge < -0.3 is 18.8 Å². The molecule has 6 aromatic rings. The van der Waals surface area contributed by atoms with Gasteiger partial charge in [-0.05, 0) is 93.8 Å². The van der Waals surface area contributed by atoms with Crippen LogP contribution in [0.25, 0.3) is 27.5 Å². The maximum absolute atomic E-state index is 6.41. The number of rotatable bonds is 5. The van der Waals surface area contributed by atoms with Gasteiger partial charge in [-0.2, -0.15) is 0 Å². The summed E-state index contributed by atoms with van der Waals surface area (Å²) in [5.74, 6) is 0. The molecule has 4 nitrogen and oxygen atoms in total. The van der Waals surface area contributed by atoms with Gasteiger partial charge in [0.25, 0.3) is 0 Å². The van der Waals surface area contributed by atoms with Crippen molar-refractivity contribution in [2.75, 3.05) is 4.90 Å². The van der Waals surface area contributed by atoms with Crippen molar-refractivity contribution in [2.24, 2.45) is 0 Å². The Morgan fingerprint density at radius 1 is 0.537 bits per heavy atom. The summed E-state index contributed by atoms with van der Waals surface area (Å²) in [4.78, 5) is 2.28. The van der Waals surface area contributed by atoms with Crippen LogP contribution in [0.1, 0.15) is 27.7 Å². The van der Waals surface area contributed by atoms with E-state index in [4.69, 9.17) is 9.31 Å². The lowest BCUT2D eigenvalue weighted by Crippen LogP contribution is -2.41. The molecule has 1 aromatic heterocycles. The molecule has 0 spiro atoms. The highest BCUT2D eigenvalue weighted by atomic mass is 16.7. The zero-order valence-electron chi connectivity index (χ0n) is 23.9. The molecule has 1 aliphatic rings. The first kappa shape index (κ1) is 25.6. The number of benzene rings is 5. The summed E-state index contributed by atoms with van der Waals surface area (Å²) in [7, 11) is -0.413. The molecule has 0 saturated carbocycles. The van der Waals surface area contributed by atoms with Crippen molar-refractivity contribution in [2.45, 2.75) is 38.9 Å². The highest BCUT2D eigenvalue weighted by molar-refractivity contribution is 6.62. The summed E-state index contributed by atoms with van der Waals surface area (Å²) in [5.41, 5.74) is 6.99. The fourth-order valence-electron chi connectivity index (χ4n) is 5.74. The maximum atomic E-state index is 6.41. The van der Waals surface area contributed by atoms with Gasteiger partial charge in [-0.25, -0.2) is 0 Å². The minimum atomic E-state index is -0.413. The number of aromatic nitrogens is 1. The Bertz CT molecular complexity index is 1790. The minimum absolute atomic E-state index is 0.390. The highest BCUT2D eigenvalue weighted by Gasteiger charge is 2.51. The molecule has 2 heterocycles. The Morgan fingerprint density at radius 2 is 1.05 bits per heavy atom. The van der Waals surface area contributed by atoms with Crippen molar-refractivity contribution in [3.63, 3.8) is 0 Å². The standard InChI is InChI=1S/C36H33BN2O2/c1-35(2)36(3,4)41-37(40-35)26-19-24-32-31-17-11-12-18-33(31)39(34(32)25-26)30-22-20-29(21-23-30)38(27-13-7-5-8-14-27)28-15-9-6-10-16-28/h5-25H,1-4H3. The SMILES string of the molecule is CC1(C)OB(c2ccc3c4ccccc4n(-c4ccc(N(c5ccccc5)c5ccccc5)cc4)c3c2)OC1(C)C. The van der Waals surface area contributed by atoms with Crippen molar-refractivity contribution in [3.8, 4) is 5.69 Å². The zero-order chi connectivity index (χ0) is 28.2. The normalized spacial score (nSPS) is 16.0. The van der Waals surface area contributed by atoms with E-state index in [9.17, 15) is 0 Å². The fraction of sp³-hybridized carbons (Fsp3) is 0.167. The van der Waals surface area contributed by atoms with Gasteiger partial charge >= 0.3 is 7.12 Å². The van der Waals surface area contributed by atoms with E-state index in [2.05, 4.69) is 165 Å². The van der Waals surface area contributed by atoms with Crippen molar-refractivity contribution < 1.29 is 9.31 Å². The van der Waals surface area contributed by atoms with Crippen molar-refractivity contribution in [1.82, 2.24) is 4.57 Å². The number of hydrogen-bond donors (Lipinski definition) is 0. The second kappa shape index (κ2) is 9.65. The molecule has 0 unspecified atom stereocenters. The van der Waals surface area contributed by atoms with Crippen LogP contribution in [0.2, 0.25) is 0 Å². The molecule has 5 heteroatoms. The molecule has 0 bridgehead atoms. The number of anilines is 3. The molecule has 0 N–H and O–H groups in total. The van der Waals surface area contributed by atoms with Crippen LogP contribution in [0.3, 0.4) is 0 Å². The molecule has 0 aliphatic carbocycles. The largest absolute Gasteiger partial charge is 0.494 e. The Labute approximate surface area is 241 Å². The van der Waals surface area contributed by atoms with Crippen molar-refractivity contribution in [3.05, 3.63) is 127 Å². The van der Waals surface area contributed by atoms with Crippen molar-refractivity contribution >= 4 is 51.4 Å². The minimum Gasteiger partial charge on any atom is -0.399 e. The van der Waals surface area contributed by atoms with Gasteiger partial charge in [-0.15, -0.1) is 0 Å². The molecule has 7 rings (SSSR count). The molecule has 5 aromatic carbocycles. The molecule has 1 fully saturated rings. The first-order valence-electron chi connectivity index (χ1n) is 14.2. The Morgan fingerprint density at radius 3 is 1.66 bits per heavy atom. The third-order valence-corrected chi connectivity index (χ3v) is 8.62. The van der Waals surface area contributed by atoms with E-state index in [1.807, 2.05) is 0 Å². The lowest BCUT2D eigenvalue weighted by atomic mass is 9.79. The average molecular weight is 536 g/mol. The topological polar surface area (TPSA) is 26.6 Å². The number of fused-ring (bicyclic) bond motifs is 3. The van der Waals surface area contributed by atoms with Gasteiger partial charge in [0.15, 0.2) is 0 Å². The molecule has 41 heavy (non-hydrogen) atoms. The van der Waals surface area contributed by atoms with Crippen LogP contribution in [0.15, 0.2) is 127 Å². The van der Waals surface area contributed by atoms with Crippen LogP contribution in [-0.4, -0.2) is 22.9 Å². The lowest BCUT2D eigenvalue weighted by molar-refractivity contribution is 0.00578. The van der Waals surface area contributed by atoms with Gasteiger partial charge in [-0.3, -0.25) is 0 Å². The summed E-state index contributed by atoms with van der Waals surface area (Å²) in [5, 5.41) is 2.43. The van der Waals surface area contributed by atoms with E-state index in [0.29, 0.717) is 0 Å². The first-order chi connectivity index (χ1) is 19.8.